The summed E-state index contributed by atoms with van der Waals surface area (Å²) in [7, 11) is 0. The maximum absolute atomic E-state index is 13.6. The van der Waals surface area contributed by atoms with Crippen molar-refractivity contribution < 1.29 is 4.79 Å². The van der Waals surface area contributed by atoms with Crippen LogP contribution in [-0.4, -0.2) is 15.7 Å². The molecule has 2 aromatic carbocycles. The van der Waals surface area contributed by atoms with Gasteiger partial charge in [-0.3, -0.25) is 4.79 Å². The Hall–Kier alpha value is -2.79. The van der Waals surface area contributed by atoms with Crippen LogP contribution in [0.2, 0.25) is 0 Å². The van der Waals surface area contributed by atoms with Gasteiger partial charge in [-0.2, -0.15) is 5.10 Å². The van der Waals surface area contributed by atoms with Crippen molar-refractivity contribution in [3.8, 4) is 0 Å². The fraction of sp³-hybridized carbons (Fsp3) is 0.407. The summed E-state index contributed by atoms with van der Waals surface area (Å²) in [5.41, 5.74) is 3.54. The van der Waals surface area contributed by atoms with E-state index in [-0.39, 0.29) is 29.9 Å². The first-order valence-electron chi connectivity index (χ1n) is 11.6. The smallest absolute Gasteiger partial charge is 0.257 e. The van der Waals surface area contributed by atoms with Gasteiger partial charge in [-0.05, 0) is 51.2 Å². The number of carbonyl (C=O) groups excluding carboxylic acids is 1. The van der Waals surface area contributed by atoms with Crippen LogP contribution < -0.4 is 10.6 Å². The zero-order valence-corrected chi connectivity index (χ0v) is 21.0. The zero-order chi connectivity index (χ0) is 22.9. The van der Waals surface area contributed by atoms with Crippen molar-refractivity contribution >= 4 is 24.1 Å². The third-order valence-electron chi connectivity index (χ3n) is 6.97. The summed E-state index contributed by atoms with van der Waals surface area (Å²) >= 11 is 0. The molecule has 2 N–H and O–H groups in total. The summed E-state index contributed by atoms with van der Waals surface area (Å²) in [4.78, 5) is 13.6. The number of hydrogen-bond acceptors (Lipinski definition) is 3. The highest BCUT2D eigenvalue weighted by atomic mass is 35.5. The third-order valence-corrected chi connectivity index (χ3v) is 6.97. The highest BCUT2D eigenvalue weighted by molar-refractivity contribution is 5.99. The molecule has 0 fully saturated rings. The highest BCUT2D eigenvalue weighted by Gasteiger charge is 2.38. The maximum atomic E-state index is 13.6. The van der Waals surface area contributed by atoms with E-state index in [4.69, 9.17) is 0 Å². The van der Waals surface area contributed by atoms with E-state index in [1.165, 1.54) is 11.1 Å². The minimum atomic E-state index is -0.414. The molecule has 4 rings (SSSR count). The molecule has 1 unspecified atom stereocenters. The Morgan fingerprint density at radius 1 is 1.12 bits per heavy atom. The van der Waals surface area contributed by atoms with Crippen LogP contribution in [0.5, 0.6) is 0 Å². The predicted molar refractivity (Wildman–Crippen MR) is 137 cm³/mol. The highest BCUT2D eigenvalue weighted by Crippen LogP contribution is 2.40. The average Bonchev–Trinajstić information content (AvgIpc) is 3.24. The predicted octanol–water partition coefficient (Wildman–Crippen LogP) is 6.35. The van der Waals surface area contributed by atoms with Crippen molar-refractivity contribution in [2.75, 3.05) is 5.32 Å². The number of benzene rings is 2. The van der Waals surface area contributed by atoms with E-state index >= 15 is 0 Å². The lowest BCUT2D eigenvalue weighted by Crippen LogP contribution is -2.45. The SMILES string of the molecule is CCC(CC)(NC(=O)c1cnn2c1NC(c1ccccc1)CC2(C)C)c1ccc(C)cc1.Cl. The lowest BCUT2D eigenvalue weighted by Gasteiger charge is -2.38. The molecule has 1 amide bonds. The number of anilines is 1. The number of nitrogens with zero attached hydrogens (tertiary/aromatic N) is 2. The van der Waals surface area contributed by atoms with Gasteiger partial charge in [-0.15, -0.1) is 12.4 Å². The summed E-state index contributed by atoms with van der Waals surface area (Å²) < 4.78 is 1.97. The molecule has 1 aliphatic rings. The monoisotopic (exact) mass is 466 g/mol. The largest absolute Gasteiger partial charge is 0.363 e. The number of amides is 1. The molecule has 0 radical (unpaired) electrons. The molecule has 0 saturated heterocycles. The second-order valence-electron chi connectivity index (χ2n) is 9.55. The molecule has 1 aliphatic heterocycles. The molecule has 0 bridgehead atoms. The third kappa shape index (κ3) is 4.65. The minimum absolute atomic E-state index is 0. The van der Waals surface area contributed by atoms with E-state index in [0.29, 0.717) is 5.56 Å². The molecule has 6 heteroatoms. The van der Waals surface area contributed by atoms with Crippen LogP contribution in [0.4, 0.5) is 5.82 Å². The van der Waals surface area contributed by atoms with E-state index < -0.39 is 5.54 Å². The number of rotatable bonds is 6. The van der Waals surface area contributed by atoms with Crippen molar-refractivity contribution in [1.29, 1.82) is 0 Å². The Morgan fingerprint density at radius 3 is 2.36 bits per heavy atom. The fourth-order valence-electron chi connectivity index (χ4n) is 4.87. The van der Waals surface area contributed by atoms with Crippen LogP contribution in [0, 0.1) is 6.92 Å². The van der Waals surface area contributed by atoms with Crippen molar-refractivity contribution in [3.05, 3.63) is 83.0 Å². The fourth-order valence-corrected chi connectivity index (χ4v) is 4.87. The number of aryl methyl sites for hydroxylation is 1. The van der Waals surface area contributed by atoms with E-state index in [2.05, 4.69) is 98.9 Å². The van der Waals surface area contributed by atoms with E-state index in [0.717, 1.165) is 30.6 Å². The van der Waals surface area contributed by atoms with Crippen molar-refractivity contribution in [3.63, 3.8) is 0 Å². The quantitative estimate of drug-likeness (QED) is 0.445. The van der Waals surface area contributed by atoms with E-state index in [9.17, 15) is 4.79 Å². The van der Waals surface area contributed by atoms with Gasteiger partial charge in [0.05, 0.1) is 23.3 Å². The van der Waals surface area contributed by atoms with Gasteiger partial charge in [0, 0.05) is 0 Å². The van der Waals surface area contributed by atoms with Crippen molar-refractivity contribution in [2.24, 2.45) is 0 Å². The van der Waals surface area contributed by atoms with Crippen molar-refractivity contribution in [2.45, 2.75) is 71.0 Å². The molecule has 1 atom stereocenters. The van der Waals surface area contributed by atoms with Gasteiger partial charge in [0.2, 0.25) is 0 Å². The molecule has 0 spiro atoms. The summed E-state index contributed by atoms with van der Waals surface area (Å²) in [6.07, 6.45) is 4.22. The van der Waals surface area contributed by atoms with Gasteiger partial charge in [0.25, 0.3) is 5.91 Å². The molecule has 2 heterocycles. The maximum Gasteiger partial charge on any atom is 0.257 e. The molecule has 33 heavy (non-hydrogen) atoms. The van der Waals surface area contributed by atoms with E-state index in [1.807, 2.05) is 10.7 Å². The van der Waals surface area contributed by atoms with Crippen LogP contribution in [0.25, 0.3) is 0 Å². The Morgan fingerprint density at radius 2 is 1.76 bits per heavy atom. The standard InChI is InChI=1S/C27H34N4O.ClH/c1-6-27(7-2,21-15-13-19(3)14-16-21)30-25(32)22-18-28-31-24(22)29-23(17-26(31,4)5)20-11-9-8-10-12-20;/h8-16,18,23,29H,6-7,17H2,1-5H3,(H,30,32);1H. The van der Waals surface area contributed by atoms with Crippen LogP contribution >= 0.6 is 12.4 Å². The molecule has 0 aliphatic carbocycles. The number of halogens is 1. The first-order chi connectivity index (χ1) is 15.3. The minimum Gasteiger partial charge on any atom is -0.363 e. The Kier molecular flexibility index (Phi) is 7.23. The average molecular weight is 467 g/mol. The Labute approximate surface area is 203 Å². The molecule has 3 aromatic rings. The summed E-state index contributed by atoms with van der Waals surface area (Å²) in [5, 5.41) is 11.6. The normalized spacial score (nSPS) is 16.8. The molecule has 5 nitrogen and oxygen atoms in total. The number of nitrogens with one attached hydrogen (secondary N) is 2. The zero-order valence-electron chi connectivity index (χ0n) is 20.2. The summed E-state index contributed by atoms with van der Waals surface area (Å²) in [6, 6.07) is 19.0. The lowest BCUT2D eigenvalue weighted by molar-refractivity contribution is 0.0890. The van der Waals surface area contributed by atoms with Crippen LogP contribution in [0.15, 0.2) is 60.8 Å². The van der Waals surface area contributed by atoms with Gasteiger partial charge in [-0.25, -0.2) is 4.68 Å². The lowest BCUT2D eigenvalue weighted by atomic mass is 9.84. The Bertz CT molecular complexity index is 1090. The van der Waals surface area contributed by atoms with Crippen LogP contribution in [0.1, 0.15) is 80.0 Å². The summed E-state index contributed by atoms with van der Waals surface area (Å²) in [5.74, 6) is 0.699. The number of carbonyl (C=O) groups is 1. The molecule has 0 saturated carbocycles. The number of aromatic nitrogens is 2. The first-order valence-corrected chi connectivity index (χ1v) is 11.6. The second kappa shape index (κ2) is 9.60. The molecular formula is C27H35ClN4O. The number of hydrogen-bond donors (Lipinski definition) is 2. The summed E-state index contributed by atoms with van der Waals surface area (Å²) in [6.45, 7) is 10.7. The van der Waals surface area contributed by atoms with Crippen molar-refractivity contribution in [1.82, 2.24) is 15.1 Å². The van der Waals surface area contributed by atoms with Crippen LogP contribution in [-0.2, 0) is 11.1 Å². The molecular weight excluding hydrogens is 432 g/mol. The topological polar surface area (TPSA) is 59.0 Å². The first kappa shape index (κ1) is 24.8. The van der Waals surface area contributed by atoms with E-state index in [1.54, 1.807) is 6.20 Å². The van der Waals surface area contributed by atoms with Gasteiger partial charge < -0.3 is 10.6 Å². The van der Waals surface area contributed by atoms with Gasteiger partial charge in [0.15, 0.2) is 0 Å². The van der Waals surface area contributed by atoms with Gasteiger partial charge in [-0.1, -0.05) is 74.0 Å². The Balaban J connectivity index is 0.00000306. The van der Waals surface area contributed by atoms with Crippen LogP contribution in [0.3, 0.4) is 0 Å². The van der Waals surface area contributed by atoms with Gasteiger partial charge >= 0.3 is 0 Å². The van der Waals surface area contributed by atoms with Gasteiger partial charge in [0.1, 0.15) is 11.4 Å². The molecule has 176 valence electrons. The second-order valence-corrected chi connectivity index (χ2v) is 9.55. The molecule has 1 aromatic heterocycles. The number of fused-ring (bicyclic) bond motifs is 1.